The summed E-state index contributed by atoms with van der Waals surface area (Å²) in [6.45, 7) is 5.39. The van der Waals surface area contributed by atoms with E-state index in [4.69, 9.17) is 4.74 Å². The van der Waals surface area contributed by atoms with E-state index in [2.05, 4.69) is 12.2 Å². The van der Waals surface area contributed by atoms with Crippen LogP contribution in [0.2, 0.25) is 0 Å². The molecule has 1 aliphatic heterocycles. The number of imidazole rings is 1. The van der Waals surface area contributed by atoms with Crippen LogP contribution in [0.5, 0.6) is 0 Å². The molecule has 0 saturated carbocycles. The lowest BCUT2D eigenvalue weighted by molar-refractivity contribution is 0.173. The van der Waals surface area contributed by atoms with Crippen molar-refractivity contribution >= 4 is 0 Å². The van der Waals surface area contributed by atoms with Crippen molar-refractivity contribution in [2.45, 2.75) is 25.9 Å². The Morgan fingerprint density at radius 1 is 1.59 bits per heavy atom. The molecule has 2 rings (SSSR count). The van der Waals surface area contributed by atoms with Gasteiger partial charge in [-0.15, -0.1) is 0 Å². The van der Waals surface area contributed by atoms with Gasteiger partial charge in [0.15, 0.2) is 0 Å². The Labute approximate surface area is 101 Å². The summed E-state index contributed by atoms with van der Waals surface area (Å²) >= 11 is 0. The van der Waals surface area contributed by atoms with E-state index < -0.39 is 0 Å². The summed E-state index contributed by atoms with van der Waals surface area (Å²) in [5.41, 5.74) is 0.0480. The highest BCUT2D eigenvalue weighted by Gasteiger charge is 2.25. The first-order valence-electron chi connectivity index (χ1n) is 6.25. The first-order chi connectivity index (χ1) is 8.22. The van der Waals surface area contributed by atoms with Gasteiger partial charge in [-0.2, -0.15) is 0 Å². The highest BCUT2D eigenvalue weighted by molar-refractivity contribution is 4.85. The Balaban J connectivity index is 2.06. The Hall–Kier alpha value is -1.07. The lowest BCUT2D eigenvalue weighted by Crippen LogP contribution is -2.42. The topological polar surface area (TPSA) is 48.2 Å². The fourth-order valence-corrected chi connectivity index (χ4v) is 2.37. The molecule has 2 heterocycles. The molecule has 1 aromatic heterocycles. The van der Waals surface area contributed by atoms with Crippen LogP contribution in [0.3, 0.4) is 0 Å². The Morgan fingerprint density at radius 3 is 2.94 bits per heavy atom. The SMILES string of the molecule is CCNC(Cn1ccn(C)c1=O)C1CCOC1. The van der Waals surface area contributed by atoms with Crippen molar-refractivity contribution in [2.75, 3.05) is 19.8 Å². The summed E-state index contributed by atoms with van der Waals surface area (Å²) < 4.78 is 8.80. The molecule has 2 unspecified atom stereocenters. The molecule has 5 heteroatoms. The van der Waals surface area contributed by atoms with E-state index in [1.807, 2.05) is 6.20 Å². The van der Waals surface area contributed by atoms with Crippen LogP contribution < -0.4 is 11.0 Å². The van der Waals surface area contributed by atoms with Gasteiger partial charge in [0.05, 0.1) is 6.61 Å². The lowest BCUT2D eigenvalue weighted by atomic mass is 9.99. The summed E-state index contributed by atoms with van der Waals surface area (Å²) in [6.07, 6.45) is 4.73. The normalized spacial score (nSPS) is 21.9. The van der Waals surface area contributed by atoms with Crippen LogP contribution in [-0.4, -0.2) is 34.9 Å². The van der Waals surface area contributed by atoms with E-state index in [-0.39, 0.29) is 5.69 Å². The summed E-state index contributed by atoms with van der Waals surface area (Å²) in [5, 5.41) is 3.46. The van der Waals surface area contributed by atoms with Gasteiger partial charge in [-0.25, -0.2) is 4.79 Å². The Kier molecular flexibility index (Phi) is 4.02. The molecule has 17 heavy (non-hydrogen) atoms. The zero-order chi connectivity index (χ0) is 12.3. The predicted molar refractivity (Wildman–Crippen MR) is 66.1 cm³/mol. The Bertz CT molecular complexity index is 404. The third-order valence-corrected chi connectivity index (χ3v) is 3.41. The molecule has 0 bridgehead atoms. The van der Waals surface area contributed by atoms with Crippen molar-refractivity contribution in [3.8, 4) is 0 Å². The highest BCUT2D eigenvalue weighted by atomic mass is 16.5. The molecule has 1 aliphatic rings. The van der Waals surface area contributed by atoms with Crippen molar-refractivity contribution in [1.82, 2.24) is 14.5 Å². The minimum absolute atomic E-state index is 0.0480. The van der Waals surface area contributed by atoms with Gasteiger partial charge in [0.25, 0.3) is 0 Å². The molecule has 5 nitrogen and oxygen atoms in total. The van der Waals surface area contributed by atoms with Crippen molar-refractivity contribution in [1.29, 1.82) is 0 Å². The van der Waals surface area contributed by atoms with Gasteiger partial charge in [0.1, 0.15) is 0 Å². The first kappa shape index (κ1) is 12.4. The fourth-order valence-electron chi connectivity index (χ4n) is 2.37. The van der Waals surface area contributed by atoms with E-state index in [1.165, 1.54) is 0 Å². The van der Waals surface area contributed by atoms with Crippen LogP contribution in [0, 0.1) is 5.92 Å². The maximum Gasteiger partial charge on any atom is 0.327 e. The third kappa shape index (κ3) is 2.79. The summed E-state index contributed by atoms with van der Waals surface area (Å²) in [5.74, 6) is 0.516. The second kappa shape index (κ2) is 5.51. The van der Waals surface area contributed by atoms with E-state index in [1.54, 1.807) is 22.4 Å². The standard InChI is InChI=1S/C12H21N3O2/c1-3-13-11(10-4-7-17-9-10)8-15-6-5-14(2)12(15)16/h5-6,10-11,13H,3-4,7-9H2,1-2H3. The van der Waals surface area contributed by atoms with Gasteiger partial charge >= 0.3 is 5.69 Å². The number of aryl methyl sites for hydroxylation is 1. The molecule has 1 aromatic rings. The zero-order valence-corrected chi connectivity index (χ0v) is 10.6. The molecule has 2 atom stereocenters. The number of nitrogens with zero attached hydrogens (tertiary/aromatic N) is 2. The van der Waals surface area contributed by atoms with E-state index in [0.717, 1.165) is 32.7 Å². The first-order valence-corrected chi connectivity index (χ1v) is 6.25. The quantitative estimate of drug-likeness (QED) is 0.798. The van der Waals surface area contributed by atoms with Crippen LogP contribution >= 0.6 is 0 Å². The van der Waals surface area contributed by atoms with Crippen molar-refractivity contribution < 1.29 is 4.74 Å². The highest BCUT2D eigenvalue weighted by Crippen LogP contribution is 2.17. The van der Waals surface area contributed by atoms with Crippen molar-refractivity contribution in [3.63, 3.8) is 0 Å². The summed E-state index contributed by atoms with van der Waals surface area (Å²) in [7, 11) is 1.78. The predicted octanol–water partition coefficient (Wildman–Crippen LogP) is 0.201. The van der Waals surface area contributed by atoms with Crippen LogP contribution in [-0.2, 0) is 18.3 Å². The second-order valence-corrected chi connectivity index (χ2v) is 4.63. The lowest BCUT2D eigenvalue weighted by Gasteiger charge is -2.23. The number of ether oxygens (including phenoxy) is 1. The molecule has 0 amide bonds. The summed E-state index contributed by atoms with van der Waals surface area (Å²) in [4.78, 5) is 11.8. The molecule has 96 valence electrons. The van der Waals surface area contributed by atoms with Crippen LogP contribution in [0.1, 0.15) is 13.3 Å². The number of hydrogen-bond donors (Lipinski definition) is 1. The fraction of sp³-hybridized carbons (Fsp3) is 0.750. The van der Waals surface area contributed by atoms with E-state index in [0.29, 0.717) is 12.0 Å². The molecular weight excluding hydrogens is 218 g/mol. The van der Waals surface area contributed by atoms with Crippen LogP contribution in [0.15, 0.2) is 17.2 Å². The average molecular weight is 239 g/mol. The third-order valence-electron chi connectivity index (χ3n) is 3.41. The molecule has 0 radical (unpaired) electrons. The minimum Gasteiger partial charge on any atom is -0.381 e. The van der Waals surface area contributed by atoms with Gasteiger partial charge in [0.2, 0.25) is 0 Å². The second-order valence-electron chi connectivity index (χ2n) is 4.63. The maximum atomic E-state index is 11.8. The van der Waals surface area contributed by atoms with E-state index in [9.17, 15) is 4.79 Å². The molecule has 1 fully saturated rings. The van der Waals surface area contributed by atoms with E-state index >= 15 is 0 Å². The largest absolute Gasteiger partial charge is 0.381 e. The van der Waals surface area contributed by atoms with Gasteiger partial charge < -0.3 is 14.6 Å². The number of aromatic nitrogens is 2. The van der Waals surface area contributed by atoms with Gasteiger partial charge in [-0.3, -0.25) is 4.57 Å². The van der Waals surface area contributed by atoms with Gasteiger partial charge in [-0.1, -0.05) is 6.92 Å². The smallest absolute Gasteiger partial charge is 0.327 e. The Morgan fingerprint density at radius 2 is 2.41 bits per heavy atom. The molecule has 0 spiro atoms. The summed E-state index contributed by atoms with van der Waals surface area (Å²) in [6, 6.07) is 0.322. The average Bonchev–Trinajstić information content (AvgIpc) is 2.93. The monoisotopic (exact) mass is 239 g/mol. The molecule has 1 saturated heterocycles. The van der Waals surface area contributed by atoms with Gasteiger partial charge in [0, 0.05) is 44.6 Å². The number of rotatable bonds is 5. The number of nitrogens with one attached hydrogen (secondary N) is 1. The molecule has 0 aromatic carbocycles. The maximum absolute atomic E-state index is 11.8. The van der Waals surface area contributed by atoms with Crippen molar-refractivity contribution in [3.05, 3.63) is 22.9 Å². The molecule has 0 aliphatic carbocycles. The molecular formula is C12H21N3O2. The van der Waals surface area contributed by atoms with Crippen LogP contribution in [0.4, 0.5) is 0 Å². The van der Waals surface area contributed by atoms with Gasteiger partial charge in [-0.05, 0) is 13.0 Å². The number of hydrogen-bond acceptors (Lipinski definition) is 3. The van der Waals surface area contributed by atoms with Crippen molar-refractivity contribution in [2.24, 2.45) is 13.0 Å². The van der Waals surface area contributed by atoms with Crippen LogP contribution in [0.25, 0.3) is 0 Å². The zero-order valence-electron chi connectivity index (χ0n) is 10.6. The number of likely N-dealkylation sites (N-methyl/N-ethyl adjacent to an activating group) is 1. The minimum atomic E-state index is 0.0480. The molecule has 1 N–H and O–H groups in total.